The number of sulfonamides is 1. The van der Waals surface area contributed by atoms with Gasteiger partial charge >= 0.3 is 0 Å². The predicted molar refractivity (Wildman–Crippen MR) is 119 cm³/mol. The third-order valence-electron chi connectivity index (χ3n) is 6.26. The van der Waals surface area contributed by atoms with Crippen molar-refractivity contribution in [3.05, 3.63) is 59.9 Å². The van der Waals surface area contributed by atoms with Crippen molar-refractivity contribution >= 4 is 15.9 Å². The van der Waals surface area contributed by atoms with Gasteiger partial charge in [-0.1, -0.05) is 6.42 Å². The Labute approximate surface area is 184 Å². The summed E-state index contributed by atoms with van der Waals surface area (Å²) in [6.07, 6.45) is 6.45. The Morgan fingerprint density at radius 3 is 2.29 bits per heavy atom. The second-order valence-corrected chi connectivity index (χ2v) is 10.3. The maximum Gasteiger partial charge on any atom is 0.253 e. The van der Waals surface area contributed by atoms with Crippen LogP contribution in [0.3, 0.4) is 0 Å². The summed E-state index contributed by atoms with van der Waals surface area (Å²) in [5, 5.41) is 0. The molecule has 2 saturated heterocycles. The van der Waals surface area contributed by atoms with Gasteiger partial charge in [-0.3, -0.25) is 14.7 Å². The van der Waals surface area contributed by atoms with Crippen molar-refractivity contribution in [2.45, 2.75) is 43.7 Å². The molecular formula is C23H30N4O3S. The maximum atomic E-state index is 13.0. The standard InChI is InChI=1S/C23H30N4O3S/c1-19-4-2-3-13-27(19)31(29,30)22-7-5-21(6-8-22)23(28)26-16-14-25(15-17-26)18-20-9-11-24-12-10-20/h5-12,19H,2-4,13-18H2,1H3. The van der Waals surface area contributed by atoms with Crippen molar-refractivity contribution in [3.8, 4) is 0 Å². The summed E-state index contributed by atoms with van der Waals surface area (Å²) in [6, 6.07) is 10.5. The van der Waals surface area contributed by atoms with E-state index in [1.807, 2.05) is 24.0 Å². The van der Waals surface area contributed by atoms with E-state index in [2.05, 4.69) is 9.88 Å². The molecule has 166 valence electrons. The number of hydrogen-bond acceptors (Lipinski definition) is 5. The number of pyridine rings is 1. The Hall–Kier alpha value is -2.29. The first-order valence-electron chi connectivity index (χ1n) is 11.0. The highest BCUT2D eigenvalue weighted by Gasteiger charge is 2.31. The summed E-state index contributed by atoms with van der Waals surface area (Å²) in [5.74, 6) is -0.0427. The van der Waals surface area contributed by atoms with Crippen LogP contribution in [0.2, 0.25) is 0 Å². The summed E-state index contributed by atoms with van der Waals surface area (Å²) in [4.78, 5) is 21.4. The van der Waals surface area contributed by atoms with Crippen LogP contribution in [-0.4, -0.2) is 72.2 Å². The number of carbonyl (C=O) groups excluding carboxylic acids is 1. The molecule has 8 heteroatoms. The molecule has 7 nitrogen and oxygen atoms in total. The molecule has 0 bridgehead atoms. The van der Waals surface area contributed by atoms with Crippen LogP contribution in [0.15, 0.2) is 53.7 Å². The fourth-order valence-electron chi connectivity index (χ4n) is 4.37. The minimum atomic E-state index is -3.52. The topological polar surface area (TPSA) is 73.8 Å². The first-order chi connectivity index (χ1) is 14.9. The van der Waals surface area contributed by atoms with Crippen molar-refractivity contribution in [3.63, 3.8) is 0 Å². The van der Waals surface area contributed by atoms with E-state index in [0.717, 1.165) is 38.9 Å². The molecule has 1 atom stereocenters. The van der Waals surface area contributed by atoms with Crippen LogP contribution < -0.4 is 0 Å². The minimum Gasteiger partial charge on any atom is -0.336 e. The molecule has 2 fully saturated rings. The van der Waals surface area contributed by atoms with E-state index in [-0.39, 0.29) is 16.8 Å². The van der Waals surface area contributed by atoms with E-state index >= 15 is 0 Å². The Kier molecular flexibility index (Phi) is 6.69. The van der Waals surface area contributed by atoms with Gasteiger partial charge in [0.25, 0.3) is 5.91 Å². The van der Waals surface area contributed by atoms with Gasteiger partial charge < -0.3 is 4.90 Å². The number of amides is 1. The molecule has 0 spiro atoms. The largest absolute Gasteiger partial charge is 0.336 e. The van der Waals surface area contributed by atoms with Crippen LogP contribution in [0.1, 0.15) is 42.1 Å². The number of benzene rings is 1. The Bertz CT molecular complexity index is 987. The molecule has 1 unspecified atom stereocenters. The fourth-order valence-corrected chi connectivity index (χ4v) is 6.07. The second kappa shape index (κ2) is 9.46. The van der Waals surface area contributed by atoms with Crippen molar-refractivity contribution in [1.29, 1.82) is 0 Å². The number of hydrogen-bond donors (Lipinski definition) is 0. The molecule has 3 heterocycles. The lowest BCUT2D eigenvalue weighted by Crippen LogP contribution is -2.48. The molecule has 1 aromatic heterocycles. The van der Waals surface area contributed by atoms with Crippen molar-refractivity contribution in [2.24, 2.45) is 0 Å². The van der Waals surface area contributed by atoms with Gasteiger partial charge in [-0.25, -0.2) is 8.42 Å². The predicted octanol–water partition coefficient (Wildman–Crippen LogP) is 2.60. The summed E-state index contributed by atoms with van der Waals surface area (Å²) in [5.41, 5.74) is 1.75. The molecule has 0 saturated carbocycles. The molecule has 0 aliphatic carbocycles. The number of aromatic nitrogens is 1. The van der Waals surface area contributed by atoms with Crippen molar-refractivity contribution in [2.75, 3.05) is 32.7 Å². The van der Waals surface area contributed by atoms with E-state index < -0.39 is 10.0 Å². The van der Waals surface area contributed by atoms with E-state index in [0.29, 0.717) is 25.2 Å². The Balaban J connectivity index is 1.36. The van der Waals surface area contributed by atoms with Crippen LogP contribution >= 0.6 is 0 Å². The highest BCUT2D eigenvalue weighted by Crippen LogP contribution is 2.25. The van der Waals surface area contributed by atoms with E-state index in [1.54, 1.807) is 41.0 Å². The molecule has 1 amide bonds. The molecule has 1 aromatic carbocycles. The molecule has 0 radical (unpaired) electrons. The molecule has 31 heavy (non-hydrogen) atoms. The zero-order valence-corrected chi connectivity index (χ0v) is 18.8. The zero-order chi connectivity index (χ0) is 21.8. The first-order valence-corrected chi connectivity index (χ1v) is 12.4. The summed E-state index contributed by atoms with van der Waals surface area (Å²) >= 11 is 0. The molecule has 2 aliphatic rings. The lowest BCUT2D eigenvalue weighted by atomic mass is 10.1. The number of nitrogens with zero attached hydrogens (tertiary/aromatic N) is 4. The van der Waals surface area contributed by atoms with Gasteiger partial charge in [-0.05, 0) is 61.7 Å². The third kappa shape index (κ3) is 4.97. The molecule has 2 aliphatic heterocycles. The lowest BCUT2D eigenvalue weighted by molar-refractivity contribution is 0.0628. The van der Waals surface area contributed by atoms with Crippen molar-refractivity contribution in [1.82, 2.24) is 19.1 Å². The second-order valence-electron chi connectivity index (χ2n) is 8.41. The monoisotopic (exact) mass is 442 g/mol. The van der Waals surface area contributed by atoms with Crippen LogP contribution in [-0.2, 0) is 16.6 Å². The van der Waals surface area contributed by atoms with Gasteiger partial charge in [-0.15, -0.1) is 0 Å². The normalized spacial score (nSPS) is 21.2. The number of rotatable bonds is 5. The maximum absolute atomic E-state index is 13.0. The van der Waals surface area contributed by atoms with Gasteiger partial charge in [0, 0.05) is 63.3 Å². The van der Waals surface area contributed by atoms with E-state index in [4.69, 9.17) is 0 Å². The lowest BCUT2D eigenvalue weighted by Gasteiger charge is -2.35. The number of carbonyl (C=O) groups is 1. The minimum absolute atomic E-state index is 0.0171. The van der Waals surface area contributed by atoms with Gasteiger partial charge in [0.1, 0.15) is 0 Å². The average Bonchev–Trinajstić information content (AvgIpc) is 2.80. The summed E-state index contributed by atoms with van der Waals surface area (Å²) in [6.45, 7) is 6.33. The van der Waals surface area contributed by atoms with Gasteiger partial charge in [0.15, 0.2) is 0 Å². The Morgan fingerprint density at radius 2 is 1.65 bits per heavy atom. The van der Waals surface area contributed by atoms with Crippen molar-refractivity contribution < 1.29 is 13.2 Å². The first kappa shape index (κ1) is 21.9. The van der Waals surface area contributed by atoms with Crippen LogP contribution in [0.5, 0.6) is 0 Å². The Morgan fingerprint density at radius 1 is 0.968 bits per heavy atom. The smallest absolute Gasteiger partial charge is 0.253 e. The van der Waals surface area contributed by atoms with Gasteiger partial charge in [0.2, 0.25) is 10.0 Å². The van der Waals surface area contributed by atoms with Crippen LogP contribution in [0.25, 0.3) is 0 Å². The molecular weight excluding hydrogens is 412 g/mol. The van der Waals surface area contributed by atoms with E-state index in [9.17, 15) is 13.2 Å². The average molecular weight is 443 g/mol. The van der Waals surface area contributed by atoms with E-state index in [1.165, 1.54) is 5.56 Å². The molecule has 4 rings (SSSR count). The van der Waals surface area contributed by atoms with Gasteiger partial charge in [-0.2, -0.15) is 4.31 Å². The highest BCUT2D eigenvalue weighted by atomic mass is 32.2. The number of piperazine rings is 1. The SMILES string of the molecule is CC1CCCCN1S(=O)(=O)c1ccc(C(=O)N2CCN(Cc3ccncc3)CC2)cc1. The molecule has 2 aromatic rings. The molecule has 0 N–H and O–H groups in total. The fraction of sp³-hybridized carbons (Fsp3) is 0.478. The van der Waals surface area contributed by atoms with Gasteiger partial charge in [0.05, 0.1) is 4.90 Å². The van der Waals surface area contributed by atoms with Crippen LogP contribution in [0, 0.1) is 0 Å². The number of piperidine rings is 1. The summed E-state index contributed by atoms with van der Waals surface area (Å²) in [7, 11) is -3.52. The zero-order valence-electron chi connectivity index (χ0n) is 18.0. The third-order valence-corrected chi connectivity index (χ3v) is 8.29. The highest BCUT2D eigenvalue weighted by molar-refractivity contribution is 7.89. The summed E-state index contributed by atoms with van der Waals surface area (Å²) < 4.78 is 27.6. The van der Waals surface area contributed by atoms with Crippen LogP contribution in [0.4, 0.5) is 0 Å². The quantitative estimate of drug-likeness (QED) is 0.712.